The summed E-state index contributed by atoms with van der Waals surface area (Å²) in [6.45, 7) is 1.98. The molecule has 0 aliphatic heterocycles. The lowest BCUT2D eigenvalue weighted by Gasteiger charge is -2.05. The summed E-state index contributed by atoms with van der Waals surface area (Å²) in [5.74, 6) is 0.122. The SMILES string of the molecule is CCS(=O)(=O)NCc1cccn1C. The first kappa shape index (κ1) is 10.3. The summed E-state index contributed by atoms with van der Waals surface area (Å²) in [6, 6.07) is 3.77. The largest absolute Gasteiger partial charge is 0.353 e. The molecular formula is C8H14N2O2S. The maximum Gasteiger partial charge on any atom is 0.211 e. The molecule has 0 aliphatic rings. The van der Waals surface area contributed by atoms with Gasteiger partial charge in [-0.3, -0.25) is 0 Å². The van der Waals surface area contributed by atoms with Gasteiger partial charge in [0.25, 0.3) is 0 Å². The number of hydrogen-bond donors (Lipinski definition) is 1. The topological polar surface area (TPSA) is 51.1 Å². The molecule has 0 amide bonds. The smallest absolute Gasteiger partial charge is 0.211 e. The van der Waals surface area contributed by atoms with Gasteiger partial charge in [0.15, 0.2) is 0 Å². The van der Waals surface area contributed by atoms with Crippen LogP contribution >= 0.6 is 0 Å². The Labute approximate surface area is 78.6 Å². The molecule has 5 heteroatoms. The normalized spacial score (nSPS) is 11.8. The van der Waals surface area contributed by atoms with Crippen molar-refractivity contribution in [3.8, 4) is 0 Å². The lowest BCUT2D eigenvalue weighted by atomic mass is 10.4. The highest BCUT2D eigenvalue weighted by atomic mass is 32.2. The minimum absolute atomic E-state index is 0.122. The molecule has 74 valence electrons. The van der Waals surface area contributed by atoms with Gasteiger partial charge < -0.3 is 4.57 Å². The van der Waals surface area contributed by atoms with Gasteiger partial charge in [-0.15, -0.1) is 0 Å². The Morgan fingerprint density at radius 1 is 1.54 bits per heavy atom. The van der Waals surface area contributed by atoms with Gasteiger partial charge in [-0.05, 0) is 19.1 Å². The van der Waals surface area contributed by atoms with E-state index < -0.39 is 10.0 Å². The molecular weight excluding hydrogens is 188 g/mol. The minimum atomic E-state index is -3.08. The molecule has 0 spiro atoms. The van der Waals surface area contributed by atoms with Crippen LogP contribution in [0, 0.1) is 0 Å². The lowest BCUT2D eigenvalue weighted by Crippen LogP contribution is -2.25. The number of nitrogens with zero attached hydrogens (tertiary/aromatic N) is 1. The molecule has 0 aromatic carbocycles. The molecule has 4 nitrogen and oxygen atoms in total. The van der Waals surface area contributed by atoms with Gasteiger partial charge in [0, 0.05) is 18.9 Å². The Balaban J connectivity index is 2.58. The van der Waals surface area contributed by atoms with E-state index in [4.69, 9.17) is 0 Å². The fourth-order valence-corrected chi connectivity index (χ4v) is 1.54. The van der Waals surface area contributed by atoms with Crippen LogP contribution in [0.4, 0.5) is 0 Å². The number of aromatic nitrogens is 1. The molecule has 1 rings (SSSR count). The first-order valence-corrected chi connectivity index (χ1v) is 5.78. The van der Waals surface area contributed by atoms with Crippen molar-refractivity contribution in [3.05, 3.63) is 24.0 Å². The fraction of sp³-hybridized carbons (Fsp3) is 0.500. The fourth-order valence-electron chi connectivity index (χ4n) is 0.966. The van der Waals surface area contributed by atoms with Crippen molar-refractivity contribution in [3.63, 3.8) is 0 Å². The molecule has 0 aliphatic carbocycles. The number of rotatable bonds is 4. The van der Waals surface area contributed by atoms with E-state index in [1.165, 1.54) is 0 Å². The highest BCUT2D eigenvalue weighted by Crippen LogP contribution is 1.99. The zero-order valence-electron chi connectivity index (χ0n) is 7.82. The summed E-state index contributed by atoms with van der Waals surface area (Å²) < 4.78 is 26.6. The van der Waals surface area contributed by atoms with Crippen LogP contribution in [-0.2, 0) is 23.6 Å². The standard InChI is InChI=1S/C8H14N2O2S/c1-3-13(11,12)9-7-8-5-4-6-10(8)2/h4-6,9H,3,7H2,1-2H3. The first-order chi connectivity index (χ1) is 6.05. The second kappa shape index (κ2) is 3.93. The number of hydrogen-bond acceptors (Lipinski definition) is 2. The molecule has 0 radical (unpaired) electrons. The first-order valence-electron chi connectivity index (χ1n) is 4.12. The van der Waals surface area contributed by atoms with E-state index in [-0.39, 0.29) is 5.75 Å². The van der Waals surface area contributed by atoms with Gasteiger partial charge in [0.2, 0.25) is 10.0 Å². The Kier molecular flexibility index (Phi) is 3.11. The van der Waals surface area contributed by atoms with Crippen molar-refractivity contribution in [1.82, 2.24) is 9.29 Å². The second-order valence-corrected chi connectivity index (χ2v) is 4.93. The quantitative estimate of drug-likeness (QED) is 0.771. The van der Waals surface area contributed by atoms with Crippen LogP contribution in [0.3, 0.4) is 0 Å². The molecule has 1 heterocycles. The van der Waals surface area contributed by atoms with E-state index in [0.29, 0.717) is 6.54 Å². The Bertz CT molecular complexity index is 367. The molecule has 0 atom stereocenters. The van der Waals surface area contributed by atoms with Gasteiger partial charge in [0.1, 0.15) is 0 Å². The van der Waals surface area contributed by atoms with Gasteiger partial charge in [-0.25, -0.2) is 13.1 Å². The number of sulfonamides is 1. The zero-order chi connectivity index (χ0) is 9.90. The summed E-state index contributed by atoms with van der Waals surface area (Å²) in [5.41, 5.74) is 0.956. The van der Waals surface area contributed by atoms with Crippen LogP contribution < -0.4 is 4.72 Å². The third-order valence-electron chi connectivity index (χ3n) is 1.90. The third-order valence-corrected chi connectivity index (χ3v) is 3.25. The summed E-state index contributed by atoms with van der Waals surface area (Å²) >= 11 is 0. The van der Waals surface area contributed by atoms with Crippen molar-refractivity contribution in [2.75, 3.05) is 5.75 Å². The van der Waals surface area contributed by atoms with Crippen molar-refractivity contribution in [1.29, 1.82) is 0 Å². The summed E-state index contributed by atoms with van der Waals surface area (Å²) in [4.78, 5) is 0. The Morgan fingerprint density at radius 3 is 2.69 bits per heavy atom. The van der Waals surface area contributed by atoms with Gasteiger partial charge >= 0.3 is 0 Å². The van der Waals surface area contributed by atoms with Crippen molar-refractivity contribution < 1.29 is 8.42 Å². The molecule has 1 N–H and O–H groups in total. The van der Waals surface area contributed by atoms with Crippen molar-refractivity contribution in [2.24, 2.45) is 7.05 Å². The van der Waals surface area contributed by atoms with Crippen molar-refractivity contribution in [2.45, 2.75) is 13.5 Å². The summed E-state index contributed by atoms with van der Waals surface area (Å²) in [5, 5.41) is 0. The van der Waals surface area contributed by atoms with E-state index in [1.807, 2.05) is 29.9 Å². The predicted molar refractivity (Wildman–Crippen MR) is 51.7 cm³/mol. The minimum Gasteiger partial charge on any atom is -0.353 e. The van der Waals surface area contributed by atoms with Gasteiger partial charge in [-0.2, -0.15) is 0 Å². The van der Waals surface area contributed by atoms with E-state index in [0.717, 1.165) is 5.69 Å². The van der Waals surface area contributed by atoms with Crippen LogP contribution in [0.5, 0.6) is 0 Å². The average Bonchev–Trinajstić information content (AvgIpc) is 2.48. The Hall–Kier alpha value is -0.810. The van der Waals surface area contributed by atoms with Crippen LogP contribution in [0.2, 0.25) is 0 Å². The second-order valence-electron chi connectivity index (χ2n) is 2.83. The molecule has 0 unspecified atom stereocenters. The molecule has 0 saturated heterocycles. The van der Waals surface area contributed by atoms with Crippen molar-refractivity contribution >= 4 is 10.0 Å². The maximum absolute atomic E-state index is 11.1. The molecule has 0 saturated carbocycles. The summed E-state index contributed by atoms with van der Waals surface area (Å²) in [6.07, 6.45) is 1.88. The average molecular weight is 202 g/mol. The Morgan fingerprint density at radius 2 is 2.23 bits per heavy atom. The molecule has 0 fully saturated rings. The maximum atomic E-state index is 11.1. The molecule has 0 bridgehead atoms. The molecule has 13 heavy (non-hydrogen) atoms. The van der Waals surface area contributed by atoms with E-state index in [1.54, 1.807) is 6.92 Å². The third kappa shape index (κ3) is 2.86. The van der Waals surface area contributed by atoms with Gasteiger partial charge in [-0.1, -0.05) is 0 Å². The van der Waals surface area contributed by atoms with E-state index in [9.17, 15) is 8.42 Å². The summed E-state index contributed by atoms with van der Waals surface area (Å²) in [7, 11) is -1.19. The van der Waals surface area contributed by atoms with Crippen LogP contribution in [0.15, 0.2) is 18.3 Å². The highest BCUT2D eigenvalue weighted by Gasteiger charge is 2.06. The predicted octanol–water partition coefficient (Wildman–Crippen LogP) is 0.464. The zero-order valence-corrected chi connectivity index (χ0v) is 8.63. The number of aryl methyl sites for hydroxylation is 1. The monoisotopic (exact) mass is 202 g/mol. The molecule has 1 aromatic heterocycles. The molecule has 1 aromatic rings. The van der Waals surface area contributed by atoms with Crippen LogP contribution in [0.1, 0.15) is 12.6 Å². The van der Waals surface area contributed by atoms with Gasteiger partial charge in [0.05, 0.1) is 12.3 Å². The van der Waals surface area contributed by atoms with Crippen LogP contribution in [-0.4, -0.2) is 18.7 Å². The van der Waals surface area contributed by atoms with E-state index in [2.05, 4.69) is 4.72 Å². The van der Waals surface area contributed by atoms with Crippen LogP contribution in [0.25, 0.3) is 0 Å². The van der Waals surface area contributed by atoms with E-state index >= 15 is 0 Å². The number of nitrogens with one attached hydrogen (secondary N) is 1. The lowest BCUT2D eigenvalue weighted by molar-refractivity contribution is 0.580. The highest BCUT2D eigenvalue weighted by molar-refractivity contribution is 7.89.